The molecule has 6 rings (SSSR count). The first-order valence-corrected chi connectivity index (χ1v) is 16.0. The van der Waals surface area contributed by atoms with Gasteiger partial charge in [0.05, 0.1) is 35.2 Å². The average Bonchev–Trinajstić information content (AvgIpc) is 3.76. The average molecular weight is 624 g/mol. The summed E-state index contributed by atoms with van der Waals surface area (Å²) in [6.07, 6.45) is 9.76. The van der Waals surface area contributed by atoms with Gasteiger partial charge in [-0.15, -0.1) is 6.58 Å². The van der Waals surface area contributed by atoms with E-state index in [0.717, 1.165) is 11.3 Å². The second-order valence-electron chi connectivity index (χ2n) is 11.4. The van der Waals surface area contributed by atoms with Gasteiger partial charge < -0.3 is 15.0 Å². The summed E-state index contributed by atoms with van der Waals surface area (Å²) >= 11 is 0. The molecule has 2 N–H and O–H groups in total. The number of allylic oxidation sites excluding steroid dienone is 1. The molecule has 11 heteroatoms. The van der Waals surface area contributed by atoms with Crippen LogP contribution in [-0.4, -0.2) is 45.1 Å². The Bertz CT molecular complexity index is 2110. The highest BCUT2D eigenvalue weighted by Gasteiger charge is 2.54. The van der Waals surface area contributed by atoms with Gasteiger partial charge in [0.25, 0.3) is 11.5 Å². The van der Waals surface area contributed by atoms with E-state index in [9.17, 15) is 18.0 Å². The Kier molecular flexibility index (Phi) is 7.65. The van der Waals surface area contributed by atoms with Crippen molar-refractivity contribution in [3.05, 3.63) is 113 Å². The lowest BCUT2D eigenvalue weighted by atomic mass is 9.98. The summed E-state index contributed by atoms with van der Waals surface area (Å²) in [5, 5.41) is 3.37. The smallest absolute Gasteiger partial charge is 0.256 e. The number of ether oxygens (including phenoxy) is 1. The van der Waals surface area contributed by atoms with E-state index in [0.29, 0.717) is 58.3 Å². The normalized spacial score (nSPS) is 13.8. The number of carbonyl (C=O) groups excluding carboxylic acids is 1. The molecule has 5 aromatic rings. The van der Waals surface area contributed by atoms with Crippen LogP contribution < -0.4 is 15.6 Å². The minimum absolute atomic E-state index is 0.0921. The van der Waals surface area contributed by atoms with Gasteiger partial charge in [0.1, 0.15) is 5.75 Å². The molecule has 0 spiro atoms. The number of amides is 1. The van der Waals surface area contributed by atoms with Crippen LogP contribution in [0.3, 0.4) is 0 Å². The van der Waals surface area contributed by atoms with Crippen molar-refractivity contribution < 1.29 is 17.9 Å². The second kappa shape index (κ2) is 11.5. The number of pyridine rings is 3. The summed E-state index contributed by atoms with van der Waals surface area (Å²) in [5.41, 5.74) is 4.75. The number of H-pyrrole nitrogens is 1. The third-order valence-electron chi connectivity index (χ3n) is 8.36. The van der Waals surface area contributed by atoms with Crippen LogP contribution >= 0.6 is 0 Å². The predicted molar refractivity (Wildman–Crippen MR) is 174 cm³/mol. The summed E-state index contributed by atoms with van der Waals surface area (Å²) in [6.45, 7) is 7.22. The number of benzene rings is 1. The summed E-state index contributed by atoms with van der Waals surface area (Å²) in [6, 6.07) is 12.7. The van der Waals surface area contributed by atoms with Gasteiger partial charge in [-0.1, -0.05) is 12.1 Å². The van der Waals surface area contributed by atoms with E-state index in [1.807, 2.05) is 24.3 Å². The maximum absolute atomic E-state index is 14.1. The number of methoxy groups -OCH3 is 1. The molecule has 1 aliphatic rings. The topological polar surface area (TPSA) is 136 Å². The van der Waals surface area contributed by atoms with E-state index in [2.05, 4.69) is 26.8 Å². The van der Waals surface area contributed by atoms with Crippen LogP contribution in [0.1, 0.15) is 46.4 Å². The first-order chi connectivity index (χ1) is 21.6. The number of aromatic amines is 1. The van der Waals surface area contributed by atoms with Gasteiger partial charge in [-0.25, -0.2) is 12.4 Å². The van der Waals surface area contributed by atoms with Crippen LogP contribution in [0.5, 0.6) is 5.75 Å². The highest BCUT2D eigenvalue weighted by molar-refractivity contribution is 7.91. The first kappa shape index (κ1) is 30.0. The molecule has 230 valence electrons. The summed E-state index contributed by atoms with van der Waals surface area (Å²) in [5.74, 6) is -0.102. The molecule has 1 aromatic carbocycles. The van der Waals surface area contributed by atoms with Gasteiger partial charge >= 0.3 is 0 Å². The molecule has 0 aliphatic heterocycles. The SMILES string of the molecule is C=CCC1(S(=O)(=O)n2cc(C)c3c(C(=O)NCc4c(OC)cc(C)[nH]c4=O)cc(-c4ccc(-c5cccnc5)nc4)cc32)CC1. The predicted octanol–water partition coefficient (Wildman–Crippen LogP) is 5.30. The number of fused-ring (bicyclic) bond motifs is 1. The van der Waals surface area contributed by atoms with Crippen molar-refractivity contribution in [1.29, 1.82) is 0 Å². The maximum Gasteiger partial charge on any atom is 0.256 e. The van der Waals surface area contributed by atoms with Crippen LogP contribution in [0, 0.1) is 13.8 Å². The van der Waals surface area contributed by atoms with E-state index < -0.39 is 20.7 Å². The molecule has 4 aromatic heterocycles. The lowest BCUT2D eigenvalue weighted by Gasteiger charge is -2.17. The summed E-state index contributed by atoms with van der Waals surface area (Å²) in [7, 11) is -2.36. The Balaban J connectivity index is 1.47. The molecule has 1 amide bonds. The van der Waals surface area contributed by atoms with Crippen molar-refractivity contribution >= 4 is 26.8 Å². The van der Waals surface area contributed by atoms with Crippen LogP contribution in [0.25, 0.3) is 33.3 Å². The van der Waals surface area contributed by atoms with Gasteiger partial charge in [-0.3, -0.25) is 19.6 Å². The fraction of sp³-hybridized carbons (Fsp3) is 0.235. The lowest BCUT2D eigenvalue weighted by Crippen LogP contribution is -2.29. The third-order valence-corrected chi connectivity index (χ3v) is 10.9. The minimum Gasteiger partial charge on any atom is -0.496 e. The first-order valence-electron chi connectivity index (χ1n) is 14.5. The molecular weight excluding hydrogens is 590 g/mol. The third kappa shape index (κ3) is 5.33. The molecule has 1 fully saturated rings. The molecule has 1 saturated carbocycles. The standard InChI is InChI=1S/C34H33N5O5S/c1-5-10-34(11-12-34)45(42,43)39-20-21(2)31-26(32(40)37-19-27-30(44-4)14-22(3)38-33(27)41)15-25(16-29(31)39)23-8-9-28(36-18-23)24-7-6-13-35-17-24/h5-9,13-18,20H,1,10-12,19H2,2-4H3,(H,37,40)(H,38,41). The van der Waals surface area contributed by atoms with Gasteiger partial charge in [0.15, 0.2) is 0 Å². The molecule has 4 heterocycles. The molecular formula is C34H33N5O5S. The fourth-order valence-corrected chi connectivity index (χ4v) is 7.86. The van der Waals surface area contributed by atoms with Crippen molar-refractivity contribution in [2.24, 2.45) is 0 Å². The maximum atomic E-state index is 14.1. The van der Waals surface area contributed by atoms with Gasteiger partial charge in [-0.05, 0) is 80.6 Å². The van der Waals surface area contributed by atoms with Crippen molar-refractivity contribution in [2.45, 2.75) is 44.4 Å². The van der Waals surface area contributed by atoms with E-state index >= 15 is 0 Å². The van der Waals surface area contributed by atoms with Gasteiger partial charge in [0, 0.05) is 52.6 Å². The number of aromatic nitrogens is 4. The number of hydrogen-bond acceptors (Lipinski definition) is 7. The van der Waals surface area contributed by atoms with Gasteiger partial charge in [-0.2, -0.15) is 0 Å². The van der Waals surface area contributed by atoms with Crippen molar-refractivity contribution in [3.8, 4) is 28.1 Å². The van der Waals surface area contributed by atoms with Crippen LogP contribution in [0.2, 0.25) is 0 Å². The molecule has 0 bridgehead atoms. The molecule has 10 nitrogen and oxygen atoms in total. The highest BCUT2D eigenvalue weighted by atomic mass is 32.2. The van der Waals surface area contributed by atoms with Crippen LogP contribution in [-0.2, 0) is 16.6 Å². The lowest BCUT2D eigenvalue weighted by molar-refractivity contribution is 0.0952. The zero-order valence-electron chi connectivity index (χ0n) is 25.3. The fourth-order valence-electron chi connectivity index (χ4n) is 5.80. The summed E-state index contributed by atoms with van der Waals surface area (Å²) in [4.78, 5) is 38.1. The number of nitrogens with zero attached hydrogens (tertiary/aromatic N) is 3. The molecule has 45 heavy (non-hydrogen) atoms. The number of aryl methyl sites for hydroxylation is 2. The van der Waals surface area contributed by atoms with E-state index in [4.69, 9.17) is 4.74 Å². The van der Waals surface area contributed by atoms with E-state index in [-0.39, 0.29) is 23.2 Å². The largest absolute Gasteiger partial charge is 0.496 e. The Morgan fingerprint density at radius 1 is 1.13 bits per heavy atom. The summed E-state index contributed by atoms with van der Waals surface area (Å²) < 4.78 is 33.9. The minimum atomic E-state index is -3.82. The van der Waals surface area contributed by atoms with Crippen molar-refractivity contribution in [1.82, 2.24) is 24.2 Å². The van der Waals surface area contributed by atoms with Crippen LogP contribution in [0.4, 0.5) is 0 Å². The molecule has 0 atom stereocenters. The van der Waals surface area contributed by atoms with Gasteiger partial charge in [0.2, 0.25) is 10.0 Å². The van der Waals surface area contributed by atoms with Crippen molar-refractivity contribution in [2.75, 3.05) is 7.11 Å². The Labute approximate surface area is 260 Å². The van der Waals surface area contributed by atoms with Crippen molar-refractivity contribution in [3.63, 3.8) is 0 Å². The number of rotatable bonds is 10. The Morgan fingerprint density at radius 2 is 1.93 bits per heavy atom. The molecule has 0 unspecified atom stereocenters. The quantitative estimate of drug-likeness (QED) is 0.202. The van der Waals surface area contributed by atoms with Crippen LogP contribution in [0.15, 0.2) is 84.7 Å². The zero-order valence-corrected chi connectivity index (χ0v) is 26.1. The molecule has 0 radical (unpaired) electrons. The van der Waals surface area contributed by atoms with E-state index in [1.54, 1.807) is 62.9 Å². The van der Waals surface area contributed by atoms with E-state index in [1.165, 1.54) is 11.1 Å². The Hall–Kier alpha value is -5.03. The second-order valence-corrected chi connectivity index (χ2v) is 13.6. The molecule has 0 saturated heterocycles. The number of nitrogens with one attached hydrogen (secondary N) is 2. The highest BCUT2D eigenvalue weighted by Crippen LogP contribution is 2.49. The Morgan fingerprint density at radius 3 is 2.58 bits per heavy atom. The molecule has 1 aliphatic carbocycles. The number of carbonyl (C=O) groups is 1. The zero-order chi connectivity index (χ0) is 31.9. The number of hydrogen-bond donors (Lipinski definition) is 2. The monoisotopic (exact) mass is 623 g/mol.